The molecule has 0 bridgehead atoms. The predicted molar refractivity (Wildman–Crippen MR) is 98.9 cm³/mol. The molecule has 3 aromatic rings. The fourth-order valence-electron chi connectivity index (χ4n) is 2.94. The van der Waals surface area contributed by atoms with Gasteiger partial charge in [-0.25, -0.2) is 9.67 Å². The fraction of sp³-hybridized carbons (Fsp3) is 0.294. The molecule has 0 saturated carbocycles. The van der Waals surface area contributed by atoms with Crippen molar-refractivity contribution in [3.63, 3.8) is 0 Å². The zero-order chi connectivity index (χ0) is 18.3. The van der Waals surface area contributed by atoms with Gasteiger partial charge >= 0.3 is 0 Å². The number of para-hydroxylation sites is 1. The standard InChI is InChI=1S/C17H18N6O2S/c1-9-8-14(24)21-17(18-9)23-13(7-10(2)22-23)20-15(25)16-19-11-5-3-4-6-12(11)26-16/h3-7,9,17-18H,8H2,1-2H3,(H,20,25)(H,21,24). The van der Waals surface area contributed by atoms with Gasteiger partial charge in [-0.15, -0.1) is 11.3 Å². The van der Waals surface area contributed by atoms with Gasteiger partial charge in [-0.2, -0.15) is 5.10 Å². The molecule has 4 rings (SSSR count). The average molecular weight is 370 g/mol. The van der Waals surface area contributed by atoms with Gasteiger partial charge in [0.25, 0.3) is 5.91 Å². The molecule has 1 fully saturated rings. The number of aryl methyl sites for hydroxylation is 1. The van der Waals surface area contributed by atoms with Crippen LogP contribution in [0.15, 0.2) is 30.3 Å². The van der Waals surface area contributed by atoms with Crippen molar-refractivity contribution < 1.29 is 9.59 Å². The molecule has 1 aromatic carbocycles. The maximum Gasteiger partial charge on any atom is 0.285 e. The van der Waals surface area contributed by atoms with Crippen LogP contribution in [-0.2, 0) is 4.79 Å². The first-order valence-electron chi connectivity index (χ1n) is 8.28. The Labute approximate surface area is 153 Å². The Hall–Kier alpha value is -2.78. The third-order valence-corrected chi connectivity index (χ3v) is 5.10. The first-order valence-corrected chi connectivity index (χ1v) is 9.10. The van der Waals surface area contributed by atoms with Crippen LogP contribution in [0.4, 0.5) is 5.82 Å². The van der Waals surface area contributed by atoms with E-state index in [2.05, 4.69) is 26.0 Å². The second-order valence-electron chi connectivity index (χ2n) is 6.30. The molecular formula is C17H18N6O2S. The molecule has 1 saturated heterocycles. The zero-order valence-corrected chi connectivity index (χ0v) is 15.1. The second-order valence-corrected chi connectivity index (χ2v) is 7.33. The van der Waals surface area contributed by atoms with Crippen molar-refractivity contribution in [2.45, 2.75) is 32.6 Å². The molecule has 2 unspecified atom stereocenters. The molecule has 2 amide bonds. The molecule has 0 radical (unpaired) electrons. The van der Waals surface area contributed by atoms with E-state index in [0.717, 1.165) is 15.9 Å². The maximum atomic E-state index is 12.6. The van der Waals surface area contributed by atoms with Gasteiger partial charge in [-0.3, -0.25) is 14.9 Å². The molecule has 1 aliphatic rings. The Kier molecular flexibility index (Phi) is 4.17. The average Bonchev–Trinajstić information content (AvgIpc) is 3.17. The van der Waals surface area contributed by atoms with Crippen LogP contribution in [-0.4, -0.2) is 32.6 Å². The first-order chi connectivity index (χ1) is 12.5. The van der Waals surface area contributed by atoms with Crippen molar-refractivity contribution in [1.29, 1.82) is 0 Å². The number of anilines is 1. The highest BCUT2D eigenvalue weighted by Crippen LogP contribution is 2.23. The SMILES string of the molecule is Cc1cc(NC(=O)c2nc3ccccc3s2)n(C2NC(=O)CC(C)N2)n1. The van der Waals surface area contributed by atoms with Crippen molar-refractivity contribution in [1.82, 2.24) is 25.4 Å². The van der Waals surface area contributed by atoms with E-state index in [9.17, 15) is 9.59 Å². The van der Waals surface area contributed by atoms with Crippen molar-refractivity contribution in [3.05, 3.63) is 41.0 Å². The normalized spacial score (nSPS) is 20.2. The predicted octanol–water partition coefficient (Wildman–Crippen LogP) is 2.01. The fourth-order valence-corrected chi connectivity index (χ4v) is 3.80. The molecule has 26 heavy (non-hydrogen) atoms. The number of hydrogen-bond donors (Lipinski definition) is 3. The third kappa shape index (κ3) is 3.18. The van der Waals surface area contributed by atoms with Gasteiger partial charge in [-0.1, -0.05) is 12.1 Å². The number of carbonyl (C=O) groups is 2. The summed E-state index contributed by atoms with van der Waals surface area (Å²) < 4.78 is 2.53. The van der Waals surface area contributed by atoms with Crippen LogP contribution in [0.2, 0.25) is 0 Å². The lowest BCUT2D eigenvalue weighted by Crippen LogP contribution is -2.52. The summed E-state index contributed by atoms with van der Waals surface area (Å²) in [6.07, 6.45) is -0.102. The number of hydrogen-bond acceptors (Lipinski definition) is 6. The summed E-state index contributed by atoms with van der Waals surface area (Å²) in [6.45, 7) is 3.76. The van der Waals surface area contributed by atoms with Crippen LogP contribution in [0, 0.1) is 6.92 Å². The van der Waals surface area contributed by atoms with Crippen molar-refractivity contribution in [2.75, 3.05) is 5.32 Å². The van der Waals surface area contributed by atoms with Crippen molar-refractivity contribution >= 4 is 39.2 Å². The van der Waals surface area contributed by atoms with Crippen LogP contribution >= 0.6 is 11.3 Å². The van der Waals surface area contributed by atoms with Crippen LogP contribution in [0.5, 0.6) is 0 Å². The Morgan fingerprint density at radius 3 is 2.96 bits per heavy atom. The quantitative estimate of drug-likeness (QED) is 0.655. The van der Waals surface area contributed by atoms with E-state index in [1.807, 2.05) is 38.1 Å². The molecule has 1 aliphatic heterocycles. The molecule has 8 nitrogen and oxygen atoms in total. The van der Waals surface area contributed by atoms with E-state index in [0.29, 0.717) is 17.2 Å². The Morgan fingerprint density at radius 1 is 1.38 bits per heavy atom. The molecule has 0 spiro atoms. The summed E-state index contributed by atoms with van der Waals surface area (Å²) in [5, 5.41) is 13.7. The Bertz CT molecular complexity index is 961. The molecule has 0 aliphatic carbocycles. The van der Waals surface area contributed by atoms with Crippen molar-refractivity contribution in [2.24, 2.45) is 0 Å². The molecule has 9 heteroatoms. The van der Waals surface area contributed by atoms with E-state index in [1.165, 1.54) is 11.3 Å². The van der Waals surface area contributed by atoms with Crippen LogP contribution < -0.4 is 16.0 Å². The minimum Gasteiger partial charge on any atom is -0.322 e. The largest absolute Gasteiger partial charge is 0.322 e. The number of benzene rings is 1. The minimum atomic E-state index is -0.509. The van der Waals surface area contributed by atoms with E-state index < -0.39 is 6.29 Å². The second kappa shape index (κ2) is 6.50. The third-order valence-electron chi connectivity index (χ3n) is 4.06. The Balaban J connectivity index is 1.60. The van der Waals surface area contributed by atoms with Crippen LogP contribution in [0.1, 0.15) is 35.1 Å². The molecular weight excluding hydrogens is 352 g/mol. The van der Waals surface area contributed by atoms with Crippen LogP contribution in [0.25, 0.3) is 10.2 Å². The number of aromatic nitrogens is 3. The zero-order valence-electron chi connectivity index (χ0n) is 14.3. The number of rotatable bonds is 3. The van der Waals surface area contributed by atoms with Gasteiger partial charge in [0.05, 0.1) is 15.9 Å². The van der Waals surface area contributed by atoms with E-state index in [4.69, 9.17) is 0 Å². The molecule has 3 heterocycles. The molecule has 2 atom stereocenters. The van der Waals surface area contributed by atoms with E-state index in [1.54, 1.807) is 10.7 Å². The van der Waals surface area contributed by atoms with Gasteiger partial charge in [-0.05, 0) is 26.0 Å². The summed E-state index contributed by atoms with van der Waals surface area (Å²) in [5.74, 6) is 0.138. The number of thiazole rings is 1. The number of nitrogens with one attached hydrogen (secondary N) is 3. The lowest BCUT2D eigenvalue weighted by atomic mass is 10.2. The highest BCUT2D eigenvalue weighted by atomic mass is 32.1. The number of carbonyl (C=O) groups excluding carboxylic acids is 2. The summed E-state index contributed by atoms with van der Waals surface area (Å²) >= 11 is 1.34. The van der Waals surface area contributed by atoms with Gasteiger partial charge in [0.2, 0.25) is 5.91 Å². The summed E-state index contributed by atoms with van der Waals surface area (Å²) in [7, 11) is 0. The topological polar surface area (TPSA) is 101 Å². The van der Waals surface area contributed by atoms with Gasteiger partial charge in [0.15, 0.2) is 11.3 Å². The smallest absolute Gasteiger partial charge is 0.285 e. The molecule has 2 aromatic heterocycles. The summed E-state index contributed by atoms with van der Waals surface area (Å²) in [4.78, 5) is 28.8. The molecule has 134 valence electrons. The number of amides is 2. The summed E-state index contributed by atoms with van der Waals surface area (Å²) in [5.41, 5.74) is 1.53. The lowest BCUT2D eigenvalue weighted by Gasteiger charge is -2.30. The van der Waals surface area contributed by atoms with Gasteiger partial charge in [0, 0.05) is 18.5 Å². The highest BCUT2D eigenvalue weighted by Gasteiger charge is 2.27. The first kappa shape index (κ1) is 16.7. The Morgan fingerprint density at radius 2 is 2.19 bits per heavy atom. The number of nitrogens with zero attached hydrogens (tertiary/aromatic N) is 3. The summed E-state index contributed by atoms with van der Waals surface area (Å²) in [6, 6.07) is 9.39. The van der Waals surface area contributed by atoms with Crippen LogP contribution in [0.3, 0.4) is 0 Å². The molecule has 3 N–H and O–H groups in total. The maximum absolute atomic E-state index is 12.6. The van der Waals surface area contributed by atoms with E-state index >= 15 is 0 Å². The van der Waals surface area contributed by atoms with E-state index in [-0.39, 0.29) is 17.9 Å². The van der Waals surface area contributed by atoms with Gasteiger partial charge < -0.3 is 10.6 Å². The van der Waals surface area contributed by atoms with Crippen molar-refractivity contribution in [3.8, 4) is 0 Å². The minimum absolute atomic E-state index is 0.0195. The highest BCUT2D eigenvalue weighted by molar-refractivity contribution is 7.20. The van der Waals surface area contributed by atoms with Gasteiger partial charge in [0.1, 0.15) is 5.82 Å². The number of fused-ring (bicyclic) bond motifs is 1. The monoisotopic (exact) mass is 370 g/mol. The lowest BCUT2D eigenvalue weighted by molar-refractivity contribution is -0.125.